The van der Waals surface area contributed by atoms with Gasteiger partial charge in [-0.15, -0.1) is 0 Å². The summed E-state index contributed by atoms with van der Waals surface area (Å²) in [4.78, 5) is 0. The molecule has 3 nitrogen and oxygen atoms in total. The van der Waals surface area contributed by atoms with Gasteiger partial charge >= 0.3 is 0 Å². The van der Waals surface area contributed by atoms with E-state index in [1.54, 1.807) is 4.68 Å². The van der Waals surface area contributed by atoms with Crippen LogP contribution in [0.5, 0.6) is 0 Å². The minimum atomic E-state index is 0.755. The van der Waals surface area contributed by atoms with Crippen LogP contribution < -0.4 is 5.32 Å². The molecular weight excluding hydrogens is 234 g/mol. The molecule has 0 saturated carbocycles. The van der Waals surface area contributed by atoms with Gasteiger partial charge in [0.15, 0.2) is 0 Å². The van der Waals surface area contributed by atoms with Gasteiger partial charge in [-0.25, -0.2) is 0 Å². The summed E-state index contributed by atoms with van der Waals surface area (Å²) in [5.74, 6) is 0. The highest BCUT2D eigenvalue weighted by molar-refractivity contribution is 6.31. The van der Waals surface area contributed by atoms with Crippen LogP contribution in [0, 0.1) is 6.92 Å². The van der Waals surface area contributed by atoms with Crippen molar-refractivity contribution in [2.24, 2.45) is 7.05 Å². The van der Waals surface area contributed by atoms with E-state index in [9.17, 15) is 0 Å². The molecule has 1 heterocycles. The third-order valence-corrected chi connectivity index (χ3v) is 2.95. The maximum Gasteiger partial charge on any atom is 0.0762 e. The van der Waals surface area contributed by atoms with Crippen LogP contribution >= 0.6 is 11.6 Å². The van der Waals surface area contributed by atoms with Crippen molar-refractivity contribution in [3.05, 3.63) is 52.3 Å². The van der Waals surface area contributed by atoms with E-state index in [2.05, 4.69) is 22.5 Å². The van der Waals surface area contributed by atoms with Crippen LogP contribution in [0.1, 0.15) is 16.8 Å². The van der Waals surface area contributed by atoms with E-state index in [-0.39, 0.29) is 0 Å². The van der Waals surface area contributed by atoms with Gasteiger partial charge < -0.3 is 5.32 Å². The third-order valence-electron chi connectivity index (χ3n) is 2.60. The Hall–Kier alpha value is -1.32. The Balaban J connectivity index is 1.90. The number of hydrogen-bond acceptors (Lipinski definition) is 2. The first-order chi connectivity index (χ1) is 8.15. The number of aryl methyl sites for hydroxylation is 2. The standard InChI is InChI=1S/C13H16ClN3/c1-10-3-4-11(13(14)7-10)8-15-9-12-5-6-17(2)16-12/h3-7,15H,8-9H2,1-2H3. The van der Waals surface area contributed by atoms with Gasteiger partial charge in [0.05, 0.1) is 5.69 Å². The van der Waals surface area contributed by atoms with Crippen molar-refractivity contribution in [2.45, 2.75) is 20.0 Å². The first kappa shape index (κ1) is 12.1. The lowest BCUT2D eigenvalue weighted by Crippen LogP contribution is -2.13. The van der Waals surface area contributed by atoms with E-state index in [0.717, 1.165) is 29.4 Å². The second-order valence-electron chi connectivity index (χ2n) is 4.18. The molecule has 0 amide bonds. The Kier molecular flexibility index (Phi) is 3.82. The number of aromatic nitrogens is 2. The molecule has 1 aromatic carbocycles. The van der Waals surface area contributed by atoms with Gasteiger partial charge in [0.1, 0.15) is 0 Å². The van der Waals surface area contributed by atoms with Gasteiger partial charge in [0.25, 0.3) is 0 Å². The molecule has 90 valence electrons. The van der Waals surface area contributed by atoms with Gasteiger partial charge in [-0.3, -0.25) is 4.68 Å². The Morgan fingerprint density at radius 3 is 2.76 bits per heavy atom. The minimum Gasteiger partial charge on any atom is -0.307 e. The second-order valence-corrected chi connectivity index (χ2v) is 4.59. The van der Waals surface area contributed by atoms with Crippen LogP contribution in [0.25, 0.3) is 0 Å². The van der Waals surface area contributed by atoms with Gasteiger partial charge in [-0.2, -0.15) is 5.10 Å². The van der Waals surface area contributed by atoms with E-state index in [0.29, 0.717) is 0 Å². The van der Waals surface area contributed by atoms with Crippen molar-refractivity contribution >= 4 is 11.6 Å². The van der Waals surface area contributed by atoms with Gasteiger partial charge in [-0.05, 0) is 30.2 Å². The molecular formula is C13H16ClN3. The summed E-state index contributed by atoms with van der Waals surface area (Å²) in [6, 6.07) is 8.12. The summed E-state index contributed by atoms with van der Waals surface area (Å²) >= 11 is 6.16. The highest BCUT2D eigenvalue weighted by Gasteiger charge is 2.01. The molecule has 0 aliphatic heterocycles. The average Bonchev–Trinajstić information content (AvgIpc) is 2.68. The van der Waals surface area contributed by atoms with E-state index >= 15 is 0 Å². The molecule has 0 atom stereocenters. The van der Waals surface area contributed by atoms with Crippen LogP contribution in [0.3, 0.4) is 0 Å². The zero-order valence-electron chi connectivity index (χ0n) is 10.1. The second kappa shape index (κ2) is 5.34. The number of hydrogen-bond donors (Lipinski definition) is 1. The summed E-state index contributed by atoms with van der Waals surface area (Å²) in [5, 5.41) is 8.45. The molecule has 0 spiro atoms. The highest BCUT2D eigenvalue weighted by atomic mass is 35.5. The van der Waals surface area contributed by atoms with Crippen LogP contribution in [0.2, 0.25) is 5.02 Å². The molecule has 0 radical (unpaired) electrons. The van der Waals surface area contributed by atoms with Crippen molar-refractivity contribution in [2.75, 3.05) is 0 Å². The number of nitrogens with one attached hydrogen (secondary N) is 1. The largest absolute Gasteiger partial charge is 0.307 e. The highest BCUT2D eigenvalue weighted by Crippen LogP contribution is 2.17. The lowest BCUT2D eigenvalue weighted by atomic mass is 10.1. The maximum atomic E-state index is 6.16. The van der Waals surface area contributed by atoms with Crippen LogP contribution in [-0.4, -0.2) is 9.78 Å². The summed E-state index contributed by atoms with van der Waals surface area (Å²) in [7, 11) is 1.92. The Morgan fingerprint density at radius 1 is 1.29 bits per heavy atom. The lowest BCUT2D eigenvalue weighted by molar-refractivity contribution is 0.656. The Bertz CT molecular complexity index is 505. The molecule has 0 fully saturated rings. The topological polar surface area (TPSA) is 29.9 Å². The van der Waals surface area contributed by atoms with E-state index < -0.39 is 0 Å². The Labute approximate surface area is 106 Å². The molecule has 0 saturated heterocycles. The summed E-state index contributed by atoms with van der Waals surface area (Å²) in [6.07, 6.45) is 1.94. The lowest BCUT2D eigenvalue weighted by Gasteiger charge is -2.06. The van der Waals surface area contributed by atoms with E-state index in [4.69, 9.17) is 11.6 Å². The number of rotatable bonds is 4. The Morgan fingerprint density at radius 2 is 2.12 bits per heavy atom. The zero-order valence-corrected chi connectivity index (χ0v) is 10.8. The fourth-order valence-corrected chi connectivity index (χ4v) is 1.98. The van der Waals surface area contributed by atoms with Crippen molar-refractivity contribution in [1.82, 2.24) is 15.1 Å². The quantitative estimate of drug-likeness (QED) is 0.903. The van der Waals surface area contributed by atoms with Crippen LogP contribution in [0.15, 0.2) is 30.5 Å². The first-order valence-corrected chi connectivity index (χ1v) is 5.97. The summed E-state index contributed by atoms with van der Waals surface area (Å²) in [6.45, 7) is 3.55. The predicted octanol–water partition coefficient (Wildman–Crippen LogP) is 2.67. The summed E-state index contributed by atoms with van der Waals surface area (Å²) in [5.41, 5.74) is 3.34. The van der Waals surface area contributed by atoms with Crippen molar-refractivity contribution in [1.29, 1.82) is 0 Å². The monoisotopic (exact) mass is 249 g/mol. The van der Waals surface area contributed by atoms with Crippen molar-refractivity contribution in [3.8, 4) is 0 Å². The molecule has 2 rings (SSSR count). The minimum absolute atomic E-state index is 0.755. The molecule has 2 aromatic rings. The molecule has 4 heteroatoms. The molecule has 1 aromatic heterocycles. The number of halogens is 1. The molecule has 0 unspecified atom stereocenters. The molecule has 0 aliphatic rings. The van der Waals surface area contributed by atoms with E-state index in [1.807, 2.05) is 32.3 Å². The van der Waals surface area contributed by atoms with Crippen LogP contribution in [0.4, 0.5) is 0 Å². The van der Waals surface area contributed by atoms with Crippen LogP contribution in [-0.2, 0) is 20.1 Å². The van der Waals surface area contributed by atoms with Gasteiger partial charge in [-0.1, -0.05) is 23.7 Å². The van der Waals surface area contributed by atoms with Crippen molar-refractivity contribution < 1.29 is 0 Å². The molecule has 0 bridgehead atoms. The smallest absolute Gasteiger partial charge is 0.0762 e. The fraction of sp³-hybridized carbons (Fsp3) is 0.308. The molecule has 1 N–H and O–H groups in total. The third kappa shape index (κ3) is 3.32. The maximum absolute atomic E-state index is 6.16. The summed E-state index contributed by atoms with van der Waals surface area (Å²) < 4.78 is 1.80. The first-order valence-electron chi connectivity index (χ1n) is 5.59. The SMILES string of the molecule is Cc1ccc(CNCc2ccn(C)n2)c(Cl)c1. The average molecular weight is 250 g/mol. The fourth-order valence-electron chi connectivity index (χ4n) is 1.68. The molecule has 0 aliphatic carbocycles. The van der Waals surface area contributed by atoms with Crippen molar-refractivity contribution in [3.63, 3.8) is 0 Å². The molecule has 17 heavy (non-hydrogen) atoms. The zero-order chi connectivity index (χ0) is 12.3. The number of benzene rings is 1. The number of nitrogens with zero attached hydrogens (tertiary/aromatic N) is 2. The predicted molar refractivity (Wildman–Crippen MR) is 69.9 cm³/mol. The van der Waals surface area contributed by atoms with Gasteiger partial charge in [0.2, 0.25) is 0 Å². The van der Waals surface area contributed by atoms with Gasteiger partial charge in [0, 0.05) is 31.4 Å². The van der Waals surface area contributed by atoms with E-state index in [1.165, 1.54) is 5.56 Å². The normalized spacial score (nSPS) is 10.8.